The van der Waals surface area contributed by atoms with Gasteiger partial charge in [-0.1, -0.05) is 16.8 Å². The Hall–Kier alpha value is -2.41. The number of benzene rings is 1. The van der Waals surface area contributed by atoms with Gasteiger partial charge in [-0.2, -0.15) is 4.98 Å². The Morgan fingerprint density at radius 2 is 1.85 bits per heavy atom. The lowest BCUT2D eigenvalue weighted by Gasteiger charge is -2.33. The first-order chi connectivity index (χ1) is 13.0. The lowest BCUT2D eigenvalue weighted by Crippen LogP contribution is -2.49. The predicted octanol–water partition coefficient (Wildman–Crippen LogP) is 2.91. The summed E-state index contributed by atoms with van der Waals surface area (Å²) in [7, 11) is 0. The van der Waals surface area contributed by atoms with E-state index in [1.807, 2.05) is 4.90 Å². The minimum absolute atomic E-state index is 0.0729. The summed E-state index contributed by atoms with van der Waals surface area (Å²) >= 11 is 5.86. The van der Waals surface area contributed by atoms with Gasteiger partial charge in [0.1, 0.15) is 6.04 Å². The zero-order valence-electron chi connectivity index (χ0n) is 15.1. The zero-order valence-corrected chi connectivity index (χ0v) is 15.8. The van der Waals surface area contributed by atoms with Crippen LogP contribution in [-0.2, 0) is 4.79 Å². The maximum Gasteiger partial charge on any atom is 0.316 e. The van der Waals surface area contributed by atoms with Gasteiger partial charge in [-0.15, -0.1) is 0 Å². The summed E-state index contributed by atoms with van der Waals surface area (Å²) in [6.45, 7) is 3.21. The molecule has 1 aromatic carbocycles. The van der Waals surface area contributed by atoms with Crippen molar-refractivity contribution in [1.29, 1.82) is 0 Å². The molecule has 2 aromatic rings. The molecule has 1 saturated carbocycles. The third-order valence-corrected chi connectivity index (χ3v) is 5.79. The molecule has 0 radical (unpaired) electrons. The van der Waals surface area contributed by atoms with Gasteiger partial charge in [0, 0.05) is 23.7 Å². The van der Waals surface area contributed by atoms with Crippen LogP contribution in [0.4, 0.5) is 0 Å². The van der Waals surface area contributed by atoms with Crippen molar-refractivity contribution in [3.8, 4) is 11.4 Å². The standard InChI is InChI=1S/C19H21ClN4O3/c1-12(18(26)24-10-8-19(6-7-19)9-11-24)21-16(25)17-22-15(23-27-17)13-2-4-14(20)5-3-13/h2-5,12H,6-11H2,1H3,(H,21,25). The Kier molecular flexibility index (Phi) is 4.63. The van der Waals surface area contributed by atoms with Crippen LogP contribution in [0, 0.1) is 5.41 Å². The van der Waals surface area contributed by atoms with Crippen molar-refractivity contribution >= 4 is 23.4 Å². The van der Waals surface area contributed by atoms with Gasteiger partial charge in [0.05, 0.1) is 0 Å². The molecule has 1 aromatic heterocycles. The van der Waals surface area contributed by atoms with Crippen LogP contribution >= 0.6 is 11.6 Å². The van der Waals surface area contributed by atoms with E-state index in [4.69, 9.17) is 16.1 Å². The Morgan fingerprint density at radius 1 is 1.19 bits per heavy atom. The highest BCUT2D eigenvalue weighted by atomic mass is 35.5. The zero-order chi connectivity index (χ0) is 19.0. The molecule has 1 unspecified atom stereocenters. The molecule has 1 atom stereocenters. The number of carbonyl (C=O) groups excluding carboxylic acids is 2. The van der Waals surface area contributed by atoms with Crippen LogP contribution < -0.4 is 5.32 Å². The van der Waals surface area contributed by atoms with Gasteiger partial charge >= 0.3 is 11.8 Å². The SMILES string of the molecule is CC(NC(=O)c1nc(-c2ccc(Cl)cc2)no1)C(=O)N1CCC2(CC1)CC2. The van der Waals surface area contributed by atoms with E-state index in [2.05, 4.69) is 15.5 Å². The normalized spacial score (nSPS) is 19.0. The molecule has 2 fully saturated rings. The average molecular weight is 389 g/mol. The molecular formula is C19H21ClN4O3. The van der Waals surface area contributed by atoms with Crippen LogP contribution in [0.25, 0.3) is 11.4 Å². The van der Waals surface area contributed by atoms with E-state index in [0.29, 0.717) is 21.8 Å². The van der Waals surface area contributed by atoms with E-state index in [1.54, 1.807) is 31.2 Å². The fourth-order valence-corrected chi connectivity index (χ4v) is 3.63. The van der Waals surface area contributed by atoms with Gasteiger partial charge in [0.15, 0.2) is 0 Å². The number of likely N-dealkylation sites (tertiary alicyclic amines) is 1. The summed E-state index contributed by atoms with van der Waals surface area (Å²) < 4.78 is 5.04. The number of hydrogen-bond acceptors (Lipinski definition) is 5. The van der Waals surface area contributed by atoms with E-state index in [0.717, 1.165) is 25.9 Å². The summed E-state index contributed by atoms with van der Waals surface area (Å²) in [6.07, 6.45) is 4.70. The predicted molar refractivity (Wildman–Crippen MR) is 99.2 cm³/mol. The molecular weight excluding hydrogens is 368 g/mol. The third kappa shape index (κ3) is 3.83. The van der Waals surface area contributed by atoms with Crippen molar-refractivity contribution in [2.24, 2.45) is 5.41 Å². The summed E-state index contributed by atoms with van der Waals surface area (Å²) in [4.78, 5) is 30.9. The van der Waals surface area contributed by atoms with Crippen LogP contribution in [0.3, 0.4) is 0 Å². The Morgan fingerprint density at radius 3 is 2.48 bits per heavy atom. The first-order valence-electron chi connectivity index (χ1n) is 9.15. The lowest BCUT2D eigenvalue weighted by molar-refractivity contribution is -0.134. The van der Waals surface area contributed by atoms with Gasteiger partial charge in [-0.3, -0.25) is 9.59 Å². The van der Waals surface area contributed by atoms with E-state index in [9.17, 15) is 9.59 Å². The number of halogens is 1. The molecule has 1 aliphatic carbocycles. The number of nitrogens with one attached hydrogen (secondary N) is 1. The average Bonchev–Trinajstić information content (AvgIpc) is 3.23. The second-order valence-corrected chi connectivity index (χ2v) is 7.89. The van der Waals surface area contributed by atoms with Crippen molar-refractivity contribution in [2.75, 3.05) is 13.1 Å². The molecule has 4 rings (SSSR count). The Balaban J connectivity index is 1.35. The topological polar surface area (TPSA) is 88.3 Å². The number of amides is 2. The quantitative estimate of drug-likeness (QED) is 0.869. The van der Waals surface area contributed by atoms with Crippen LogP contribution in [0.15, 0.2) is 28.8 Å². The Labute approximate surface area is 162 Å². The molecule has 142 valence electrons. The number of rotatable bonds is 4. The van der Waals surface area contributed by atoms with Gasteiger partial charge in [-0.05, 0) is 62.3 Å². The number of aromatic nitrogens is 2. The number of carbonyl (C=O) groups is 2. The van der Waals surface area contributed by atoms with E-state index < -0.39 is 11.9 Å². The molecule has 2 heterocycles. The molecule has 7 nitrogen and oxygen atoms in total. The van der Waals surface area contributed by atoms with E-state index in [1.165, 1.54) is 12.8 Å². The monoisotopic (exact) mass is 388 g/mol. The van der Waals surface area contributed by atoms with Gasteiger partial charge in [0.25, 0.3) is 0 Å². The molecule has 2 aliphatic rings. The van der Waals surface area contributed by atoms with Crippen LogP contribution in [0.5, 0.6) is 0 Å². The highest BCUT2D eigenvalue weighted by Crippen LogP contribution is 2.53. The largest absolute Gasteiger partial charge is 0.341 e. The molecule has 1 saturated heterocycles. The molecule has 0 bridgehead atoms. The van der Waals surface area contributed by atoms with Crippen molar-refractivity contribution in [3.63, 3.8) is 0 Å². The molecule has 1 N–H and O–H groups in total. The van der Waals surface area contributed by atoms with Gasteiger partial charge in [0.2, 0.25) is 11.7 Å². The molecule has 8 heteroatoms. The van der Waals surface area contributed by atoms with E-state index >= 15 is 0 Å². The smallest absolute Gasteiger partial charge is 0.316 e. The maximum absolute atomic E-state index is 12.6. The van der Waals surface area contributed by atoms with Crippen molar-refractivity contribution in [3.05, 3.63) is 35.2 Å². The maximum atomic E-state index is 12.6. The third-order valence-electron chi connectivity index (χ3n) is 5.53. The summed E-state index contributed by atoms with van der Waals surface area (Å²) in [6, 6.07) is 6.25. The highest BCUT2D eigenvalue weighted by Gasteiger charge is 2.45. The van der Waals surface area contributed by atoms with Crippen molar-refractivity contribution in [1.82, 2.24) is 20.4 Å². The first-order valence-corrected chi connectivity index (χ1v) is 9.53. The number of hydrogen-bond donors (Lipinski definition) is 1. The minimum atomic E-state index is -0.642. The molecule has 2 amide bonds. The fourth-order valence-electron chi connectivity index (χ4n) is 3.50. The molecule has 1 aliphatic heterocycles. The highest BCUT2D eigenvalue weighted by molar-refractivity contribution is 6.30. The molecule has 27 heavy (non-hydrogen) atoms. The van der Waals surface area contributed by atoms with Gasteiger partial charge in [-0.25, -0.2) is 0 Å². The second-order valence-electron chi connectivity index (χ2n) is 7.45. The fraction of sp³-hybridized carbons (Fsp3) is 0.474. The Bertz CT molecular complexity index is 850. The number of nitrogens with zero attached hydrogens (tertiary/aromatic N) is 3. The summed E-state index contributed by atoms with van der Waals surface area (Å²) in [5.41, 5.74) is 1.19. The van der Waals surface area contributed by atoms with Crippen molar-refractivity contribution < 1.29 is 14.1 Å². The lowest BCUT2D eigenvalue weighted by atomic mass is 9.93. The van der Waals surface area contributed by atoms with Crippen LogP contribution in [0.1, 0.15) is 43.3 Å². The minimum Gasteiger partial charge on any atom is -0.341 e. The number of piperidine rings is 1. The summed E-state index contributed by atoms with van der Waals surface area (Å²) in [5, 5.41) is 7.07. The summed E-state index contributed by atoms with van der Waals surface area (Å²) in [5.74, 6) is -0.507. The second kappa shape index (κ2) is 6.96. The van der Waals surface area contributed by atoms with Crippen LogP contribution in [-0.4, -0.2) is 46.0 Å². The van der Waals surface area contributed by atoms with Crippen molar-refractivity contribution in [2.45, 2.75) is 38.6 Å². The molecule has 1 spiro atoms. The van der Waals surface area contributed by atoms with Gasteiger partial charge < -0.3 is 14.7 Å². The van der Waals surface area contributed by atoms with E-state index in [-0.39, 0.29) is 11.8 Å². The first kappa shape index (κ1) is 18.0. The van der Waals surface area contributed by atoms with Crippen LogP contribution in [0.2, 0.25) is 5.02 Å².